The highest BCUT2D eigenvalue weighted by Crippen LogP contribution is 2.40. The molecule has 0 unspecified atom stereocenters. The van der Waals surface area contributed by atoms with E-state index >= 15 is 0 Å². The molecule has 0 saturated heterocycles. The van der Waals surface area contributed by atoms with Crippen LogP contribution in [0.1, 0.15) is 107 Å². The Bertz CT molecular complexity index is 753. The van der Waals surface area contributed by atoms with E-state index in [2.05, 4.69) is 31.2 Å². The van der Waals surface area contributed by atoms with Gasteiger partial charge in [-0.15, -0.1) is 0 Å². The summed E-state index contributed by atoms with van der Waals surface area (Å²) in [6.45, 7) is 2.25. The maximum absolute atomic E-state index is 12.7. The molecule has 32 heavy (non-hydrogen) atoms. The molecule has 0 N–H and O–H groups in total. The summed E-state index contributed by atoms with van der Waals surface area (Å²) >= 11 is 0. The molecule has 2 aliphatic carbocycles. The minimum Gasteiger partial charge on any atom is -0.195 e. The number of hydrogen-bond acceptors (Lipinski definition) is 1. The van der Waals surface area contributed by atoms with Crippen LogP contribution in [0.25, 0.3) is 0 Å². The average Bonchev–Trinajstić information content (AvgIpc) is 2.84. The molecule has 0 aromatic heterocycles. The molecular formula is C30H42FN. The molecule has 2 fully saturated rings. The van der Waals surface area contributed by atoms with Crippen molar-refractivity contribution < 1.29 is 4.39 Å². The summed E-state index contributed by atoms with van der Waals surface area (Å²) in [5.74, 6) is 2.81. The van der Waals surface area contributed by atoms with Crippen molar-refractivity contribution in [3.05, 3.63) is 59.4 Å². The summed E-state index contributed by atoms with van der Waals surface area (Å²) in [6.07, 6.45) is 23.6. The Morgan fingerprint density at radius 2 is 1.47 bits per heavy atom. The monoisotopic (exact) mass is 435 g/mol. The van der Waals surface area contributed by atoms with Crippen molar-refractivity contribution in [3.8, 4) is 6.07 Å². The molecule has 0 amide bonds. The number of nitriles is 1. The second-order valence-electron chi connectivity index (χ2n) is 10.3. The minimum atomic E-state index is -0.712. The molecule has 0 bridgehead atoms. The maximum atomic E-state index is 12.7. The normalized spacial score (nSPS) is 26.8. The van der Waals surface area contributed by atoms with Gasteiger partial charge in [0.15, 0.2) is 5.83 Å². The van der Waals surface area contributed by atoms with E-state index in [0.717, 1.165) is 30.1 Å². The molecule has 3 rings (SSSR count). The van der Waals surface area contributed by atoms with Crippen molar-refractivity contribution in [1.82, 2.24) is 0 Å². The van der Waals surface area contributed by atoms with Crippen LogP contribution in [-0.4, -0.2) is 0 Å². The lowest BCUT2D eigenvalue weighted by atomic mass is 9.74. The van der Waals surface area contributed by atoms with E-state index in [4.69, 9.17) is 5.26 Å². The topological polar surface area (TPSA) is 23.8 Å². The number of benzene rings is 1. The van der Waals surface area contributed by atoms with Crippen molar-refractivity contribution in [1.29, 1.82) is 5.26 Å². The smallest absolute Gasteiger partial charge is 0.195 e. The van der Waals surface area contributed by atoms with Gasteiger partial charge in [-0.3, -0.25) is 0 Å². The highest BCUT2D eigenvalue weighted by Gasteiger charge is 2.25. The van der Waals surface area contributed by atoms with Crippen molar-refractivity contribution in [2.75, 3.05) is 0 Å². The van der Waals surface area contributed by atoms with Gasteiger partial charge in [-0.25, -0.2) is 0 Å². The van der Waals surface area contributed by atoms with E-state index in [9.17, 15) is 4.39 Å². The van der Waals surface area contributed by atoms with Gasteiger partial charge in [-0.1, -0.05) is 88.3 Å². The Kier molecular flexibility index (Phi) is 10.5. The standard InChI is InChI=1S/C30H42FN/c1-2-6-24-15-19-28(20-16-24)29-21-17-27(18-22-29)14-13-26-11-9-25(10-12-26)7-4-3-5-8-30(31)23-32/h3,5,8,15-16,19-20,25-27,29H,2,4,6-7,9-14,17-18,21-22H2,1H3/t25-,26-,27-,29-. The van der Waals surface area contributed by atoms with Crippen LogP contribution in [0.3, 0.4) is 0 Å². The second kappa shape index (κ2) is 13.6. The molecule has 2 aliphatic rings. The third-order valence-corrected chi connectivity index (χ3v) is 8.01. The summed E-state index contributed by atoms with van der Waals surface area (Å²) < 4.78 is 12.7. The van der Waals surface area contributed by atoms with Crippen LogP contribution < -0.4 is 0 Å². The Morgan fingerprint density at radius 3 is 2.03 bits per heavy atom. The molecule has 2 saturated carbocycles. The molecule has 1 aromatic rings. The summed E-state index contributed by atoms with van der Waals surface area (Å²) in [6, 6.07) is 11.0. The van der Waals surface area contributed by atoms with E-state index in [1.807, 2.05) is 6.08 Å². The zero-order valence-corrected chi connectivity index (χ0v) is 20.1. The third kappa shape index (κ3) is 8.23. The lowest BCUT2D eigenvalue weighted by Crippen LogP contribution is -2.17. The number of hydrogen-bond donors (Lipinski definition) is 0. The highest BCUT2D eigenvalue weighted by molar-refractivity contribution is 5.26. The first-order valence-electron chi connectivity index (χ1n) is 13.2. The number of aryl methyl sites for hydroxylation is 1. The van der Waals surface area contributed by atoms with Crippen LogP contribution in [0.2, 0.25) is 0 Å². The van der Waals surface area contributed by atoms with Gasteiger partial charge in [-0.2, -0.15) is 9.65 Å². The first-order chi connectivity index (χ1) is 15.7. The Labute approximate surface area is 195 Å². The van der Waals surface area contributed by atoms with Gasteiger partial charge in [0.1, 0.15) is 6.07 Å². The van der Waals surface area contributed by atoms with Gasteiger partial charge in [0.2, 0.25) is 0 Å². The summed E-state index contributed by atoms with van der Waals surface area (Å²) in [4.78, 5) is 0. The quantitative estimate of drug-likeness (QED) is 0.265. The lowest BCUT2D eigenvalue weighted by molar-refractivity contribution is 0.225. The van der Waals surface area contributed by atoms with Crippen molar-refractivity contribution in [3.63, 3.8) is 0 Å². The molecular weight excluding hydrogens is 393 g/mol. The number of nitrogens with zero attached hydrogens (tertiary/aromatic N) is 1. The number of rotatable bonds is 10. The van der Waals surface area contributed by atoms with E-state index in [1.54, 1.807) is 11.6 Å². The Balaban J connectivity index is 1.28. The van der Waals surface area contributed by atoms with Crippen LogP contribution in [0.15, 0.2) is 48.3 Å². The fourth-order valence-corrected chi connectivity index (χ4v) is 5.93. The second-order valence-corrected chi connectivity index (χ2v) is 10.3. The summed E-state index contributed by atoms with van der Waals surface area (Å²) in [7, 11) is 0. The molecule has 174 valence electrons. The van der Waals surface area contributed by atoms with Gasteiger partial charge < -0.3 is 0 Å². The first-order valence-corrected chi connectivity index (χ1v) is 13.2. The Hall–Kier alpha value is -1.88. The maximum Gasteiger partial charge on any atom is 0.199 e. The molecule has 0 radical (unpaired) electrons. The molecule has 0 aliphatic heterocycles. The van der Waals surface area contributed by atoms with Gasteiger partial charge in [0, 0.05) is 0 Å². The van der Waals surface area contributed by atoms with Gasteiger partial charge in [0.05, 0.1) is 0 Å². The molecule has 0 atom stereocenters. The SMILES string of the molecule is CCCc1ccc([C@H]2CC[C@H](CC[C@H]3CC[C@H](CCC=CC=C(F)C#N)CC3)CC2)cc1. The molecule has 0 spiro atoms. The zero-order chi connectivity index (χ0) is 22.6. The summed E-state index contributed by atoms with van der Waals surface area (Å²) in [5, 5.41) is 8.40. The molecule has 0 heterocycles. The molecule has 1 aromatic carbocycles. The van der Waals surface area contributed by atoms with Crippen LogP contribution in [0, 0.1) is 29.1 Å². The van der Waals surface area contributed by atoms with Crippen molar-refractivity contribution in [2.45, 2.75) is 103 Å². The van der Waals surface area contributed by atoms with Gasteiger partial charge in [0.25, 0.3) is 0 Å². The fourth-order valence-electron chi connectivity index (χ4n) is 5.93. The van der Waals surface area contributed by atoms with E-state index in [0.29, 0.717) is 0 Å². The largest absolute Gasteiger partial charge is 0.199 e. The minimum absolute atomic E-state index is 0.712. The van der Waals surface area contributed by atoms with E-state index in [1.165, 1.54) is 101 Å². The lowest BCUT2D eigenvalue weighted by Gasteiger charge is -2.32. The third-order valence-electron chi connectivity index (χ3n) is 8.01. The number of allylic oxidation sites excluding steroid dienone is 4. The highest BCUT2D eigenvalue weighted by atomic mass is 19.1. The van der Waals surface area contributed by atoms with Gasteiger partial charge in [-0.05, 0) is 85.8 Å². The first kappa shape index (κ1) is 24.8. The average molecular weight is 436 g/mol. The number of halogens is 1. The van der Waals surface area contributed by atoms with Crippen LogP contribution in [0.5, 0.6) is 0 Å². The summed E-state index contributed by atoms with van der Waals surface area (Å²) in [5.41, 5.74) is 3.06. The van der Waals surface area contributed by atoms with Crippen LogP contribution in [-0.2, 0) is 6.42 Å². The van der Waals surface area contributed by atoms with Crippen LogP contribution in [0.4, 0.5) is 4.39 Å². The fraction of sp³-hybridized carbons (Fsp3) is 0.633. The predicted molar refractivity (Wildman–Crippen MR) is 133 cm³/mol. The Morgan fingerprint density at radius 1 is 0.906 bits per heavy atom. The van der Waals surface area contributed by atoms with Crippen LogP contribution >= 0.6 is 0 Å². The van der Waals surface area contributed by atoms with Crippen molar-refractivity contribution >= 4 is 0 Å². The zero-order valence-electron chi connectivity index (χ0n) is 20.1. The molecule has 2 heteroatoms. The predicted octanol–water partition coefficient (Wildman–Crippen LogP) is 9.21. The van der Waals surface area contributed by atoms with E-state index < -0.39 is 5.83 Å². The van der Waals surface area contributed by atoms with E-state index in [-0.39, 0.29) is 0 Å². The van der Waals surface area contributed by atoms with Crippen molar-refractivity contribution in [2.24, 2.45) is 17.8 Å². The van der Waals surface area contributed by atoms with Gasteiger partial charge >= 0.3 is 0 Å². The molecule has 1 nitrogen and oxygen atoms in total.